The van der Waals surface area contributed by atoms with Gasteiger partial charge in [-0.1, -0.05) is 39.8 Å². The Hall–Kier alpha value is -3.50. The number of nitrogens with one attached hydrogen (secondary N) is 1. The van der Waals surface area contributed by atoms with Crippen LogP contribution in [0.15, 0.2) is 82.7 Å². The van der Waals surface area contributed by atoms with Gasteiger partial charge < -0.3 is 15.2 Å². The van der Waals surface area contributed by atoms with E-state index in [2.05, 4.69) is 36.4 Å². The van der Waals surface area contributed by atoms with Gasteiger partial charge in [-0.05, 0) is 54.1 Å². The molecule has 0 spiro atoms. The summed E-state index contributed by atoms with van der Waals surface area (Å²) in [6, 6.07) is 17.2. The number of hydrogen-bond donors (Lipinski definition) is 1. The monoisotopic (exact) mass is 508 g/mol. The molecular formula is C22H15BrN5O3S-. The van der Waals surface area contributed by atoms with E-state index in [1.807, 2.05) is 41.0 Å². The minimum Gasteiger partial charge on any atom is -0.545 e. The van der Waals surface area contributed by atoms with Crippen molar-refractivity contribution in [1.82, 2.24) is 19.7 Å². The minimum atomic E-state index is -1.27. The van der Waals surface area contributed by atoms with Crippen LogP contribution in [0.4, 0.5) is 5.69 Å². The molecule has 1 amide bonds. The smallest absolute Gasteiger partial charge is 0.234 e. The van der Waals surface area contributed by atoms with Crippen molar-refractivity contribution >= 4 is 45.3 Å². The Morgan fingerprint density at radius 3 is 2.31 bits per heavy atom. The first-order valence-corrected chi connectivity index (χ1v) is 11.1. The molecule has 32 heavy (non-hydrogen) atoms. The van der Waals surface area contributed by atoms with Crippen molar-refractivity contribution in [2.45, 2.75) is 5.16 Å². The van der Waals surface area contributed by atoms with Crippen molar-refractivity contribution < 1.29 is 14.7 Å². The Balaban J connectivity index is 1.54. The van der Waals surface area contributed by atoms with Crippen LogP contribution in [0, 0.1) is 0 Å². The van der Waals surface area contributed by atoms with Gasteiger partial charge in [-0.3, -0.25) is 14.3 Å². The second-order valence-electron chi connectivity index (χ2n) is 6.56. The number of carbonyl (C=O) groups is 2. The quantitative estimate of drug-likeness (QED) is 0.381. The lowest BCUT2D eigenvalue weighted by Gasteiger charge is -2.11. The number of rotatable bonds is 7. The highest BCUT2D eigenvalue weighted by atomic mass is 79.9. The molecule has 0 aliphatic heterocycles. The Morgan fingerprint density at radius 2 is 1.66 bits per heavy atom. The van der Waals surface area contributed by atoms with Crippen LogP contribution in [0.25, 0.3) is 17.1 Å². The van der Waals surface area contributed by atoms with Crippen LogP contribution in [-0.4, -0.2) is 37.4 Å². The first-order chi connectivity index (χ1) is 15.5. The summed E-state index contributed by atoms with van der Waals surface area (Å²) in [6.45, 7) is 0. The van der Waals surface area contributed by atoms with Gasteiger partial charge in [0.2, 0.25) is 5.91 Å². The van der Waals surface area contributed by atoms with E-state index in [1.165, 1.54) is 36.0 Å². The lowest BCUT2D eigenvalue weighted by Crippen LogP contribution is -2.22. The third-order valence-electron chi connectivity index (χ3n) is 4.39. The van der Waals surface area contributed by atoms with Gasteiger partial charge in [-0.25, -0.2) is 0 Å². The van der Waals surface area contributed by atoms with Crippen LogP contribution in [0.3, 0.4) is 0 Å². The van der Waals surface area contributed by atoms with Crippen LogP contribution >= 0.6 is 27.7 Å². The maximum absolute atomic E-state index is 12.4. The normalized spacial score (nSPS) is 10.7. The van der Waals surface area contributed by atoms with E-state index >= 15 is 0 Å². The van der Waals surface area contributed by atoms with Crippen molar-refractivity contribution in [2.24, 2.45) is 0 Å². The zero-order valence-corrected chi connectivity index (χ0v) is 18.8. The van der Waals surface area contributed by atoms with E-state index in [9.17, 15) is 14.7 Å². The first-order valence-electron chi connectivity index (χ1n) is 9.37. The summed E-state index contributed by atoms with van der Waals surface area (Å²) in [4.78, 5) is 27.3. The molecule has 0 aliphatic rings. The Labute approximate surface area is 195 Å². The van der Waals surface area contributed by atoms with Crippen molar-refractivity contribution in [3.63, 3.8) is 0 Å². The predicted octanol–water partition coefficient (Wildman–Crippen LogP) is 3.19. The molecule has 4 aromatic rings. The summed E-state index contributed by atoms with van der Waals surface area (Å²) in [7, 11) is 0. The number of hydrogen-bond acceptors (Lipinski definition) is 7. The predicted molar refractivity (Wildman–Crippen MR) is 122 cm³/mol. The van der Waals surface area contributed by atoms with Crippen molar-refractivity contribution in [3.8, 4) is 17.1 Å². The molecule has 0 saturated carbocycles. The fraction of sp³-hybridized carbons (Fsp3) is 0.0455. The molecule has 0 atom stereocenters. The number of carboxylic acids is 1. The van der Waals surface area contributed by atoms with Crippen molar-refractivity contribution in [1.29, 1.82) is 0 Å². The number of anilines is 1. The molecule has 0 unspecified atom stereocenters. The Morgan fingerprint density at radius 1 is 0.969 bits per heavy atom. The minimum absolute atomic E-state index is 0.0450. The number of aromatic carboxylic acids is 1. The lowest BCUT2D eigenvalue weighted by atomic mass is 10.2. The number of pyridine rings is 1. The number of benzene rings is 2. The summed E-state index contributed by atoms with van der Waals surface area (Å²) in [5, 5.41) is 22.8. The molecule has 160 valence electrons. The average molecular weight is 509 g/mol. The van der Waals surface area contributed by atoms with Crippen LogP contribution in [-0.2, 0) is 4.79 Å². The van der Waals surface area contributed by atoms with Crippen LogP contribution in [0.1, 0.15) is 10.4 Å². The summed E-state index contributed by atoms with van der Waals surface area (Å²) in [5.74, 6) is -0.800. The number of thioether (sulfide) groups is 1. The van der Waals surface area contributed by atoms with Gasteiger partial charge in [0, 0.05) is 33.8 Å². The molecule has 2 aromatic carbocycles. The van der Waals surface area contributed by atoms with Gasteiger partial charge >= 0.3 is 0 Å². The SMILES string of the molecule is O=C(CSc1nnc(-c2ccncc2)n1-c1ccc(Br)cc1)Nc1ccc(C(=O)[O-])cc1. The highest BCUT2D eigenvalue weighted by Crippen LogP contribution is 2.28. The number of amides is 1. The molecule has 0 fully saturated rings. The first kappa shape index (κ1) is 21.7. The topological polar surface area (TPSA) is 113 Å². The molecule has 0 bridgehead atoms. The molecule has 0 radical (unpaired) electrons. The molecule has 10 heteroatoms. The van der Waals surface area contributed by atoms with Crippen LogP contribution in [0.2, 0.25) is 0 Å². The second-order valence-corrected chi connectivity index (χ2v) is 8.41. The number of nitrogens with zero attached hydrogens (tertiary/aromatic N) is 4. The molecule has 2 aromatic heterocycles. The highest BCUT2D eigenvalue weighted by molar-refractivity contribution is 9.10. The number of aromatic nitrogens is 4. The third kappa shape index (κ3) is 5.04. The van der Waals surface area contributed by atoms with Gasteiger partial charge in [0.15, 0.2) is 11.0 Å². The molecule has 1 N–H and O–H groups in total. The highest BCUT2D eigenvalue weighted by Gasteiger charge is 2.17. The summed E-state index contributed by atoms with van der Waals surface area (Å²) in [6.07, 6.45) is 3.36. The zero-order valence-electron chi connectivity index (χ0n) is 16.4. The molecule has 4 rings (SSSR count). The summed E-state index contributed by atoms with van der Waals surface area (Å²) < 4.78 is 2.83. The number of carboxylic acid groups (broad SMARTS) is 1. The second kappa shape index (κ2) is 9.75. The molecule has 0 aliphatic carbocycles. The third-order valence-corrected chi connectivity index (χ3v) is 5.85. The lowest BCUT2D eigenvalue weighted by molar-refractivity contribution is -0.255. The van der Waals surface area contributed by atoms with E-state index in [-0.39, 0.29) is 17.2 Å². The van der Waals surface area contributed by atoms with Crippen LogP contribution < -0.4 is 10.4 Å². The van der Waals surface area contributed by atoms with Crippen LogP contribution in [0.5, 0.6) is 0 Å². The average Bonchev–Trinajstić information content (AvgIpc) is 3.23. The maximum Gasteiger partial charge on any atom is 0.234 e. The fourth-order valence-electron chi connectivity index (χ4n) is 2.89. The summed E-state index contributed by atoms with van der Waals surface area (Å²) >= 11 is 4.68. The van der Waals surface area contributed by atoms with Crippen molar-refractivity contribution in [3.05, 3.63) is 83.1 Å². The number of carbonyl (C=O) groups excluding carboxylic acids is 2. The van der Waals surface area contributed by atoms with E-state index < -0.39 is 5.97 Å². The zero-order chi connectivity index (χ0) is 22.5. The summed E-state index contributed by atoms with van der Waals surface area (Å²) in [5.41, 5.74) is 2.24. The number of halogens is 1. The van der Waals surface area contributed by atoms with Gasteiger partial charge in [0.05, 0.1) is 11.7 Å². The maximum atomic E-state index is 12.4. The van der Waals surface area contributed by atoms with E-state index in [4.69, 9.17) is 0 Å². The van der Waals surface area contributed by atoms with Gasteiger partial charge in [-0.15, -0.1) is 10.2 Å². The van der Waals surface area contributed by atoms with E-state index in [0.29, 0.717) is 16.7 Å². The Kier molecular flexibility index (Phi) is 6.62. The van der Waals surface area contributed by atoms with Gasteiger partial charge in [-0.2, -0.15) is 0 Å². The standard InChI is InChI=1S/C22H16BrN5O3S/c23-16-3-7-18(8-4-16)28-20(14-9-11-24-12-10-14)26-27-22(28)32-13-19(29)25-17-5-1-15(2-6-17)21(30)31/h1-12H,13H2,(H,25,29)(H,30,31)/p-1. The fourth-order valence-corrected chi connectivity index (χ4v) is 3.91. The molecule has 2 heterocycles. The Bertz CT molecular complexity index is 1250. The van der Waals surface area contributed by atoms with Gasteiger partial charge in [0.1, 0.15) is 0 Å². The van der Waals surface area contributed by atoms with Crippen molar-refractivity contribution in [2.75, 3.05) is 11.1 Å². The molecular weight excluding hydrogens is 494 g/mol. The molecule has 8 nitrogen and oxygen atoms in total. The molecule has 0 saturated heterocycles. The van der Waals surface area contributed by atoms with Gasteiger partial charge in [0.25, 0.3) is 0 Å². The largest absolute Gasteiger partial charge is 0.545 e. The van der Waals surface area contributed by atoms with E-state index in [1.54, 1.807) is 12.4 Å². The van der Waals surface area contributed by atoms with E-state index in [0.717, 1.165) is 15.7 Å².